The van der Waals surface area contributed by atoms with Crippen molar-refractivity contribution in [3.05, 3.63) is 33.9 Å². The number of nitrogens with two attached hydrogens (primary N) is 1. The van der Waals surface area contributed by atoms with Crippen LogP contribution in [0.4, 0.5) is 11.4 Å². The number of hydrogen-bond donors (Lipinski definition) is 1. The van der Waals surface area contributed by atoms with Crippen LogP contribution in [-0.2, 0) is 0 Å². The maximum Gasteiger partial charge on any atom is 0.269 e. The fraction of sp³-hybridized carbons (Fsp3) is 0.455. The molecular weight excluding hydrogens is 206 g/mol. The number of benzene rings is 1. The van der Waals surface area contributed by atoms with Crippen molar-refractivity contribution < 1.29 is 9.41 Å². The molecular formula is C11H18N3O2+. The monoisotopic (exact) mass is 224 g/mol. The SMILES string of the molecule is C[N+]1(C)CC1.Cc1cc([N+](=O)[O-])ccc1N. The van der Waals surface area contributed by atoms with Gasteiger partial charge in [-0.1, -0.05) is 0 Å². The largest absolute Gasteiger partial charge is 0.399 e. The Kier molecular flexibility index (Phi) is 3.49. The van der Waals surface area contributed by atoms with Gasteiger partial charge in [-0.2, -0.15) is 0 Å². The maximum atomic E-state index is 10.2. The smallest absolute Gasteiger partial charge is 0.269 e. The first-order valence-corrected chi connectivity index (χ1v) is 5.14. The third kappa shape index (κ3) is 3.86. The highest BCUT2D eigenvalue weighted by atomic mass is 16.6. The Labute approximate surface area is 95.2 Å². The first-order valence-electron chi connectivity index (χ1n) is 5.14. The minimum absolute atomic E-state index is 0.0803. The van der Waals surface area contributed by atoms with Gasteiger partial charge >= 0.3 is 0 Å². The quantitative estimate of drug-likeness (QED) is 0.259. The van der Waals surface area contributed by atoms with Crippen LogP contribution in [0.25, 0.3) is 0 Å². The molecule has 88 valence electrons. The number of quaternary nitrogens is 1. The van der Waals surface area contributed by atoms with E-state index in [-0.39, 0.29) is 5.69 Å². The Morgan fingerprint density at radius 1 is 1.38 bits per heavy atom. The zero-order valence-corrected chi connectivity index (χ0v) is 9.93. The summed E-state index contributed by atoms with van der Waals surface area (Å²) in [5.74, 6) is 0. The van der Waals surface area contributed by atoms with Crippen molar-refractivity contribution in [1.82, 2.24) is 0 Å². The average molecular weight is 224 g/mol. The van der Waals surface area contributed by atoms with Crippen molar-refractivity contribution in [2.24, 2.45) is 0 Å². The number of nitrogen functional groups attached to an aromatic ring is 1. The van der Waals surface area contributed by atoms with Gasteiger partial charge in [-0.15, -0.1) is 0 Å². The molecule has 5 nitrogen and oxygen atoms in total. The molecule has 0 amide bonds. The summed E-state index contributed by atoms with van der Waals surface area (Å²) in [6.07, 6.45) is 0. The Balaban J connectivity index is 0.000000212. The molecule has 0 saturated carbocycles. The van der Waals surface area contributed by atoms with Crippen molar-refractivity contribution in [1.29, 1.82) is 0 Å². The fourth-order valence-electron chi connectivity index (χ4n) is 0.973. The van der Waals surface area contributed by atoms with E-state index in [4.69, 9.17) is 5.73 Å². The lowest BCUT2D eigenvalue weighted by atomic mass is 10.2. The van der Waals surface area contributed by atoms with Gasteiger partial charge in [0.05, 0.1) is 19.0 Å². The zero-order chi connectivity index (χ0) is 12.3. The lowest BCUT2D eigenvalue weighted by Gasteiger charge is -1.97. The predicted molar refractivity (Wildman–Crippen MR) is 64.1 cm³/mol. The highest BCUT2D eigenvalue weighted by Gasteiger charge is 2.30. The van der Waals surface area contributed by atoms with Gasteiger partial charge in [-0.25, -0.2) is 0 Å². The number of rotatable bonds is 1. The summed E-state index contributed by atoms with van der Waals surface area (Å²) in [7, 11) is 4.47. The molecule has 1 aliphatic rings. The molecule has 1 fully saturated rings. The number of nitro benzene ring substituents is 1. The highest BCUT2D eigenvalue weighted by molar-refractivity contribution is 5.51. The summed E-state index contributed by atoms with van der Waals surface area (Å²) in [4.78, 5) is 9.79. The molecule has 0 aromatic heterocycles. The molecule has 0 radical (unpaired) electrons. The number of aryl methyl sites for hydroxylation is 1. The van der Waals surface area contributed by atoms with E-state index in [1.807, 2.05) is 0 Å². The van der Waals surface area contributed by atoms with Crippen molar-refractivity contribution in [2.45, 2.75) is 6.92 Å². The molecule has 0 aliphatic carbocycles. The van der Waals surface area contributed by atoms with Crippen LogP contribution in [0, 0.1) is 17.0 Å². The van der Waals surface area contributed by atoms with Crippen LogP contribution < -0.4 is 5.73 Å². The third-order valence-corrected chi connectivity index (χ3v) is 2.58. The van der Waals surface area contributed by atoms with E-state index in [2.05, 4.69) is 14.1 Å². The fourth-order valence-corrected chi connectivity index (χ4v) is 0.973. The number of likely N-dealkylation sites (N-methyl/N-ethyl adjacent to an activating group) is 1. The van der Waals surface area contributed by atoms with E-state index in [1.54, 1.807) is 6.92 Å². The van der Waals surface area contributed by atoms with E-state index in [9.17, 15) is 10.1 Å². The van der Waals surface area contributed by atoms with E-state index < -0.39 is 4.92 Å². The third-order valence-electron chi connectivity index (χ3n) is 2.58. The van der Waals surface area contributed by atoms with E-state index in [1.165, 1.54) is 35.8 Å². The number of anilines is 1. The lowest BCUT2D eigenvalue weighted by Crippen LogP contribution is -2.09. The highest BCUT2D eigenvalue weighted by Crippen LogP contribution is 2.17. The van der Waals surface area contributed by atoms with Crippen LogP contribution in [0.15, 0.2) is 18.2 Å². The van der Waals surface area contributed by atoms with Gasteiger partial charge in [0, 0.05) is 17.8 Å². The summed E-state index contributed by atoms with van der Waals surface area (Å²) < 4.78 is 1.25. The summed E-state index contributed by atoms with van der Waals surface area (Å²) in [6, 6.07) is 4.38. The van der Waals surface area contributed by atoms with Crippen molar-refractivity contribution in [2.75, 3.05) is 32.9 Å². The van der Waals surface area contributed by atoms with Gasteiger partial charge in [-0.05, 0) is 18.6 Å². The van der Waals surface area contributed by atoms with Gasteiger partial charge < -0.3 is 10.2 Å². The molecule has 1 aliphatic heterocycles. The summed E-state index contributed by atoms with van der Waals surface area (Å²) in [5, 5.41) is 10.2. The summed E-state index contributed by atoms with van der Waals surface area (Å²) in [6.45, 7) is 4.52. The molecule has 0 spiro atoms. The molecule has 0 unspecified atom stereocenters. The van der Waals surface area contributed by atoms with Crippen LogP contribution in [0.5, 0.6) is 0 Å². The molecule has 1 aromatic carbocycles. The number of hydrogen-bond acceptors (Lipinski definition) is 3. The second kappa shape index (κ2) is 4.49. The molecule has 1 saturated heterocycles. The molecule has 5 heteroatoms. The first-order chi connectivity index (χ1) is 7.32. The van der Waals surface area contributed by atoms with Gasteiger partial charge in [0.1, 0.15) is 13.1 Å². The Hall–Kier alpha value is -1.62. The van der Waals surface area contributed by atoms with Crippen molar-refractivity contribution in [3.63, 3.8) is 0 Å². The Morgan fingerprint density at radius 2 is 1.88 bits per heavy atom. The molecule has 16 heavy (non-hydrogen) atoms. The van der Waals surface area contributed by atoms with Gasteiger partial charge in [0.15, 0.2) is 0 Å². The Bertz CT molecular complexity index is 396. The summed E-state index contributed by atoms with van der Waals surface area (Å²) in [5.41, 5.74) is 6.86. The predicted octanol–water partition coefficient (Wildman–Crippen LogP) is 1.56. The molecule has 1 aromatic rings. The van der Waals surface area contributed by atoms with Gasteiger partial charge in [0.2, 0.25) is 0 Å². The van der Waals surface area contributed by atoms with E-state index in [0.717, 1.165) is 5.56 Å². The van der Waals surface area contributed by atoms with Crippen LogP contribution in [0.2, 0.25) is 0 Å². The number of nitrogens with zero attached hydrogens (tertiary/aromatic N) is 2. The standard InChI is InChI=1S/C7H8N2O2.C4H10N/c1-5-4-6(9(10)11)2-3-7(5)8;1-5(2)3-4-5/h2-4H,8H2,1H3;3-4H2,1-2H3/q;+1. The minimum atomic E-state index is -0.438. The van der Waals surface area contributed by atoms with Crippen molar-refractivity contribution in [3.8, 4) is 0 Å². The molecule has 0 atom stereocenters. The molecule has 1 heterocycles. The van der Waals surface area contributed by atoms with E-state index in [0.29, 0.717) is 5.69 Å². The van der Waals surface area contributed by atoms with E-state index >= 15 is 0 Å². The minimum Gasteiger partial charge on any atom is -0.399 e. The molecule has 2 N–H and O–H groups in total. The second-order valence-electron chi connectivity index (χ2n) is 4.68. The average Bonchev–Trinajstić information content (AvgIpc) is 2.87. The zero-order valence-electron chi connectivity index (χ0n) is 9.93. The number of nitro groups is 1. The van der Waals surface area contributed by atoms with Crippen LogP contribution in [0.3, 0.4) is 0 Å². The maximum absolute atomic E-state index is 10.2. The Morgan fingerprint density at radius 3 is 2.19 bits per heavy atom. The van der Waals surface area contributed by atoms with Gasteiger partial charge in [0.25, 0.3) is 5.69 Å². The first kappa shape index (κ1) is 12.4. The second-order valence-corrected chi connectivity index (χ2v) is 4.68. The molecule has 2 rings (SSSR count). The van der Waals surface area contributed by atoms with Crippen LogP contribution in [-0.4, -0.2) is 36.6 Å². The van der Waals surface area contributed by atoms with Gasteiger partial charge in [-0.3, -0.25) is 10.1 Å². The molecule has 0 bridgehead atoms. The normalized spacial score (nSPS) is 15.9. The summed E-state index contributed by atoms with van der Waals surface area (Å²) >= 11 is 0. The van der Waals surface area contributed by atoms with Crippen LogP contribution >= 0.6 is 0 Å². The topological polar surface area (TPSA) is 69.2 Å². The van der Waals surface area contributed by atoms with Crippen LogP contribution in [0.1, 0.15) is 5.56 Å². The lowest BCUT2D eigenvalue weighted by molar-refractivity contribution is -0.753. The van der Waals surface area contributed by atoms with Crippen molar-refractivity contribution >= 4 is 11.4 Å². The number of non-ortho nitro benzene ring substituents is 1.